The minimum atomic E-state index is -0.0250. The van der Waals surface area contributed by atoms with Crippen LogP contribution in [0.2, 0.25) is 0 Å². The molecule has 0 atom stereocenters. The summed E-state index contributed by atoms with van der Waals surface area (Å²) in [5, 5.41) is 11.9. The van der Waals surface area contributed by atoms with Crippen LogP contribution in [0, 0.1) is 0 Å². The number of allylic oxidation sites excluding steroid dienone is 5. The molecule has 25 heavy (non-hydrogen) atoms. The smallest absolute Gasteiger partial charge is 0.137 e. The fourth-order valence-electron chi connectivity index (χ4n) is 3.17. The van der Waals surface area contributed by atoms with E-state index in [-0.39, 0.29) is 6.61 Å². The number of rotatable bonds is 3. The van der Waals surface area contributed by atoms with Crippen molar-refractivity contribution < 1.29 is 5.11 Å². The molecule has 0 spiro atoms. The number of imidazole rings is 1. The third-order valence-corrected chi connectivity index (χ3v) is 5.21. The average Bonchev–Trinajstić information content (AvgIpc) is 3.37. The molecular formula is C19H14N4OS. The van der Waals surface area contributed by atoms with E-state index in [0.29, 0.717) is 0 Å². The Kier molecular flexibility index (Phi) is 3.26. The van der Waals surface area contributed by atoms with Gasteiger partial charge in [0.2, 0.25) is 0 Å². The highest BCUT2D eigenvalue weighted by atomic mass is 32.1. The second-order valence-electron chi connectivity index (χ2n) is 5.92. The number of nitrogens with zero attached hydrogens (tertiary/aromatic N) is 4. The molecule has 0 saturated carbocycles. The molecule has 1 N–H and O–H groups in total. The van der Waals surface area contributed by atoms with Gasteiger partial charge in [-0.3, -0.25) is 4.99 Å². The molecule has 0 saturated heterocycles. The Morgan fingerprint density at radius 2 is 2.04 bits per heavy atom. The lowest BCUT2D eigenvalue weighted by Crippen LogP contribution is -2.03. The molecule has 122 valence electrons. The number of aromatic nitrogens is 3. The zero-order valence-corrected chi connectivity index (χ0v) is 14.1. The quantitative estimate of drug-likeness (QED) is 0.788. The third kappa shape index (κ3) is 2.38. The van der Waals surface area contributed by atoms with E-state index in [4.69, 9.17) is 4.98 Å². The van der Waals surface area contributed by atoms with E-state index in [0.717, 1.165) is 45.3 Å². The van der Waals surface area contributed by atoms with E-state index in [9.17, 15) is 5.11 Å². The van der Waals surface area contributed by atoms with Crippen LogP contribution in [0.25, 0.3) is 22.5 Å². The number of hydrogen-bond acceptors (Lipinski definition) is 5. The van der Waals surface area contributed by atoms with Gasteiger partial charge in [0.25, 0.3) is 0 Å². The zero-order chi connectivity index (χ0) is 16.8. The SMILES string of the molecule is OCc1nc(-c2ccc3nc(C4=C5C=CN=C5CC=C4)cn3c2)cs1. The van der Waals surface area contributed by atoms with Crippen LogP contribution >= 0.6 is 11.3 Å². The van der Waals surface area contributed by atoms with Crippen molar-refractivity contribution in [3.8, 4) is 11.3 Å². The third-order valence-electron chi connectivity index (χ3n) is 4.38. The second kappa shape index (κ2) is 5.61. The van der Waals surface area contributed by atoms with Gasteiger partial charge >= 0.3 is 0 Å². The van der Waals surface area contributed by atoms with E-state index in [1.165, 1.54) is 16.9 Å². The van der Waals surface area contributed by atoms with Crippen molar-refractivity contribution in [2.24, 2.45) is 4.99 Å². The summed E-state index contributed by atoms with van der Waals surface area (Å²) in [6.45, 7) is -0.0250. The number of hydrogen-bond donors (Lipinski definition) is 1. The standard InChI is InChI=1S/C19H14N4OS/c24-10-19-22-17(11-25-19)12-4-5-18-21-16(9-23(18)8-12)13-2-1-3-15-14(13)6-7-20-15/h1-2,4-9,11,24H,3,10H2. The molecule has 0 amide bonds. The van der Waals surface area contributed by atoms with Crippen molar-refractivity contribution >= 4 is 28.3 Å². The van der Waals surface area contributed by atoms with Gasteiger partial charge < -0.3 is 9.51 Å². The van der Waals surface area contributed by atoms with Crippen molar-refractivity contribution in [1.82, 2.24) is 14.4 Å². The first kappa shape index (κ1) is 14.5. The largest absolute Gasteiger partial charge is 0.389 e. The van der Waals surface area contributed by atoms with Crippen LogP contribution in [0.5, 0.6) is 0 Å². The first-order valence-corrected chi connectivity index (χ1v) is 8.89. The number of fused-ring (bicyclic) bond motifs is 2. The van der Waals surface area contributed by atoms with E-state index < -0.39 is 0 Å². The lowest BCUT2D eigenvalue weighted by molar-refractivity contribution is 0.281. The number of pyridine rings is 1. The molecule has 0 aromatic carbocycles. The number of aliphatic hydroxyl groups is 1. The van der Waals surface area contributed by atoms with Crippen LogP contribution in [-0.2, 0) is 6.61 Å². The zero-order valence-electron chi connectivity index (χ0n) is 13.3. The lowest BCUT2D eigenvalue weighted by Gasteiger charge is -2.10. The molecular weight excluding hydrogens is 332 g/mol. The Hall–Kier alpha value is -2.83. The molecule has 0 fully saturated rings. The highest BCUT2D eigenvalue weighted by Gasteiger charge is 2.18. The Labute approximate surface area is 148 Å². The van der Waals surface area contributed by atoms with Gasteiger partial charge in [-0.15, -0.1) is 11.3 Å². The molecule has 4 heterocycles. The molecule has 1 aliphatic carbocycles. The maximum absolute atomic E-state index is 9.20. The summed E-state index contributed by atoms with van der Waals surface area (Å²) >= 11 is 1.46. The summed E-state index contributed by atoms with van der Waals surface area (Å²) in [7, 11) is 0. The molecule has 3 aromatic heterocycles. The van der Waals surface area contributed by atoms with Crippen molar-refractivity contribution in [1.29, 1.82) is 0 Å². The second-order valence-corrected chi connectivity index (χ2v) is 6.86. The molecule has 5 nitrogen and oxygen atoms in total. The summed E-state index contributed by atoms with van der Waals surface area (Å²) in [6, 6.07) is 4.01. The summed E-state index contributed by atoms with van der Waals surface area (Å²) in [4.78, 5) is 13.6. The highest BCUT2D eigenvalue weighted by molar-refractivity contribution is 7.09. The molecule has 6 heteroatoms. The minimum absolute atomic E-state index is 0.0250. The fraction of sp³-hybridized carbons (Fsp3) is 0.105. The summed E-state index contributed by atoms with van der Waals surface area (Å²) in [6.07, 6.45) is 13.1. The van der Waals surface area contributed by atoms with Gasteiger partial charge in [0.15, 0.2) is 0 Å². The highest BCUT2D eigenvalue weighted by Crippen LogP contribution is 2.30. The van der Waals surface area contributed by atoms with Gasteiger partial charge in [0.05, 0.1) is 23.7 Å². The van der Waals surface area contributed by atoms with Crippen LogP contribution in [0.15, 0.2) is 64.9 Å². The van der Waals surface area contributed by atoms with E-state index in [2.05, 4.69) is 28.2 Å². The topological polar surface area (TPSA) is 62.8 Å². The predicted octanol–water partition coefficient (Wildman–Crippen LogP) is 3.63. The molecule has 0 bridgehead atoms. The summed E-state index contributed by atoms with van der Waals surface area (Å²) < 4.78 is 2.02. The van der Waals surface area contributed by atoms with Gasteiger partial charge in [-0.05, 0) is 18.2 Å². The van der Waals surface area contributed by atoms with Crippen LogP contribution in [0.1, 0.15) is 17.1 Å². The van der Waals surface area contributed by atoms with Gasteiger partial charge in [-0.2, -0.15) is 0 Å². The lowest BCUT2D eigenvalue weighted by atomic mass is 9.95. The molecule has 2 aliphatic rings. The van der Waals surface area contributed by atoms with Crippen molar-refractivity contribution in [3.05, 3.63) is 70.6 Å². The Bertz CT molecular complexity index is 1110. The normalized spacial score (nSPS) is 16.0. The van der Waals surface area contributed by atoms with E-state index >= 15 is 0 Å². The molecule has 5 rings (SSSR count). The van der Waals surface area contributed by atoms with E-state index in [1.807, 2.05) is 40.5 Å². The van der Waals surface area contributed by atoms with Crippen LogP contribution in [0.3, 0.4) is 0 Å². The Morgan fingerprint density at radius 3 is 2.92 bits per heavy atom. The van der Waals surface area contributed by atoms with Crippen LogP contribution in [-0.4, -0.2) is 25.2 Å². The van der Waals surface area contributed by atoms with Gasteiger partial charge in [-0.25, -0.2) is 9.97 Å². The predicted molar refractivity (Wildman–Crippen MR) is 99.5 cm³/mol. The maximum atomic E-state index is 9.20. The first-order valence-electron chi connectivity index (χ1n) is 8.01. The van der Waals surface area contributed by atoms with Crippen molar-refractivity contribution in [3.63, 3.8) is 0 Å². The summed E-state index contributed by atoms with van der Waals surface area (Å²) in [5.74, 6) is 0. The average molecular weight is 346 g/mol. The first-order chi connectivity index (χ1) is 12.3. The molecule has 3 aromatic rings. The fourth-order valence-corrected chi connectivity index (χ4v) is 3.83. The Balaban J connectivity index is 1.60. The van der Waals surface area contributed by atoms with Gasteiger partial charge in [0, 0.05) is 47.1 Å². The molecule has 1 aliphatic heterocycles. The Morgan fingerprint density at radius 1 is 1.08 bits per heavy atom. The minimum Gasteiger partial charge on any atom is -0.389 e. The van der Waals surface area contributed by atoms with Crippen molar-refractivity contribution in [2.45, 2.75) is 13.0 Å². The van der Waals surface area contributed by atoms with Gasteiger partial charge in [0.1, 0.15) is 10.7 Å². The summed E-state index contributed by atoms with van der Waals surface area (Å²) in [5.41, 5.74) is 7.10. The number of aliphatic imine (C=N–C) groups is 1. The monoisotopic (exact) mass is 346 g/mol. The maximum Gasteiger partial charge on any atom is 0.137 e. The van der Waals surface area contributed by atoms with Crippen LogP contribution in [0.4, 0.5) is 0 Å². The van der Waals surface area contributed by atoms with Crippen molar-refractivity contribution in [2.75, 3.05) is 0 Å². The van der Waals surface area contributed by atoms with Crippen LogP contribution < -0.4 is 0 Å². The number of thiazole rings is 1. The molecule has 0 radical (unpaired) electrons. The van der Waals surface area contributed by atoms with E-state index in [1.54, 1.807) is 0 Å². The number of aliphatic hydroxyl groups excluding tert-OH is 1. The van der Waals surface area contributed by atoms with Gasteiger partial charge in [-0.1, -0.05) is 12.2 Å². The molecule has 0 unspecified atom stereocenters.